The molecule has 106 valence electrons. The van der Waals surface area contributed by atoms with Gasteiger partial charge in [-0.1, -0.05) is 67.7 Å². The maximum absolute atomic E-state index is 13.5. The zero-order chi connectivity index (χ0) is 14.5. The van der Waals surface area contributed by atoms with E-state index in [1.807, 2.05) is 18.2 Å². The molecule has 0 aromatic heterocycles. The lowest BCUT2D eigenvalue weighted by atomic mass is 9.94. The molecule has 0 heterocycles. The van der Waals surface area contributed by atoms with Crippen molar-refractivity contribution >= 4 is 43.5 Å². The Morgan fingerprint density at radius 2 is 1.75 bits per heavy atom. The smallest absolute Gasteiger partial charge is 0.142 e. The summed E-state index contributed by atoms with van der Waals surface area (Å²) in [6, 6.07) is 13.3. The molecule has 0 saturated carbocycles. The minimum absolute atomic E-state index is 0.245. The Morgan fingerprint density at radius 3 is 2.40 bits per heavy atom. The topological polar surface area (TPSA) is 0 Å². The first-order chi connectivity index (χ1) is 9.60. The van der Waals surface area contributed by atoms with Gasteiger partial charge in [-0.2, -0.15) is 0 Å². The monoisotopic (exact) mass is 418 g/mol. The molecule has 1 unspecified atom stereocenters. The van der Waals surface area contributed by atoms with Crippen molar-refractivity contribution in [3.63, 3.8) is 0 Å². The van der Waals surface area contributed by atoms with Crippen molar-refractivity contribution in [2.45, 2.75) is 12.8 Å². The van der Waals surface area contributed by atoms with Gasteiger partial charge in [-0.3, -0.25) is 0 Å². The van der Waals surface area contributed by atoms with E-state index in [1.165, 1.54) is 11.6 Å². The molecule has 2 aromatic carbocycles. The van der Waals surface area contributed by atoms with Gasteiger partial charge in [0.05, 0.1) is 5.02 Å². The molecule has 4 heteroatoms. The van der Waals surface area contributed by atoms with Gasteiger partial charge < -0.3 is 0 Å². The third kappa shape index (κ3) is 4.31. The van der Waals surface area contributed by atoms with Crippen molar-refractivity contribution in [1.29, 1.82) is 0 Å². The molecule has 0 fully saturated rings. The Kier molecular flexibility index (Phi) is 6.06. The first-order valence-corrected chi connectivity index (χ1v) is 8.62. The molecule has 0 spiro atoms. The number of benzene rings is 2. The summed E-state index contributed by atoms with van der Waals surface area (Å²) in [5, 5.41) is 1.10. The van der Waals surface area contributed by atoms with Gasteiger partial charge in [0.15, 0.2) is 0 Å². The molecule has 0 radical (unpaired) electrons. The van der Waals surface area contributed by atoms with Crippen molar-refractivity contribution in [2.75, 3.05) is 5.33 Å². The summed E-state index contributed by atoms with van der Waals surface area (Å²) in [5.74, 6) is 0.0385. The minimum Gasteiger partial charge on any atom is -0.205 e. The molecule has 0 amide bonds. The van der Waals surface area contributed by atoms with E-state index in [2.05, 4.69) is 44.0 Å². The van der Waals surface area contributed by atoms with E-state index in [0.717, 1.165) is 28.2 Å². The highest BCUT2D eigenvalue weighted by atomic mass is 79.9. The maximum Gasteiger partial charge on any atom is 0.142 e. The molecule has 0 saturated heterocycles. The average molecular weight is 421 g/mol. The number of hydrogen-bond donors (Lipinski definition) is 0. The van der Waals surface area contributed by atoms with Crippen molar-refractivity contribution in [2.24, 2.45) is 5.92 Å². The van der Waals surface area contributed by atoms with Gasteiger partial charge in [0.25, 0.3) is 0 Å². The van der Waals surface area contributed by atoms with Crippen LogP contribution in [0.25, 0.3) is 0 Å². The Balaban J connectivity index is 2.09. The van der Waals surface area contributed by atoms with Gasteiger partial charge >= 0.3 is 0 Å². The van der Waals surface area contributed by atoms with E-state index < -0.39 is 0 Å². The first kappa shape index (κ1) is 16.0. The summed E-state index contributed by atoms with van der Waals surface area (Å²) >= 11 is 13.0. The fourth-order valence-electron chi connectivity index (χ4n) is 2.15. The number of halogens is 4. The van der Waals surface area contributed by atoms with Crippen LogP contribution < -0.4 is 0 Å². The third-order valence-electron chi connectivity index (χ3n) is 3.20. The lowest BCUT2D eigenvalue weighted by molar-refractivity contribution is 0.583. The Bertz CT molecular complexity index is 569. The van der Waals surface area contributed by atoms with Gasteiger partial charge in [0.2, 0.25) is 0 Å². The number of rotatable bonds is 5. The minimum atomic E-state index is -0.346. The van der Waals surface area contributed by atoms with E-state index in [0.29, 0.717) is 5.92 Å². The standard InChI is InChI=1S/C16H14Br2ClF/c17-10-12(8-11-4-6-14(18)7-5-11)9-13-2-1-3-15(20)16(13)19/h1-7,12H,8-10H2. The van der Waals surface area contributed by atoms with Crippen molar-refractivity contribution in [1.82, 2.24) is 0 Å². The van der Waals surface area contributed by atoms with Crippen LogP contribution in [0.2, 0.25) is 5.02 Å². The fraction of sp³-hybridized carbons (Fsp3) is 0.250. The second-order valence-electron chi connectivity index (χ2n) is 4.77. The zero-order valence-corrected chi connectivity index (χ0v) is 14.7. The summed E-state index contributed by atoms with van der Waals surface area (Å²) in [6.07, 6.45) is 1.70. The van der Waals surface area contributed by atoms with Crippen LogP contribution in [0.15, 0.2) is 46.9 Å². The molecule has 0 aliphatic heterocycles. The van der Waals surface area contributed by atoms with E-state index >= 15 is 0 Å². The molecule has 0 aliphatic carbocycles. The van der Waals surface area contributed by atoms with Crippen LogP contribution in [0, 0.1) is 11.7 Å². The summed E-state index contributed by atoms with van der Waals surface area (Å²) in [4.78, 5) is 0. The van der Waals surface area contributed by atoms with Crippen LogP contribution in [0.1, 0.15) is 11.1 Å². The quantitative estimate of drug-likeness (QED) is 0.518. The molecule has 0 aliphatic rings. The predicted octanol–water partition coefficient (Wildman–Crippen LogP) is 6.04. The fourth-order valence-corrected chi connectivity index (χ4v) is 3.08. The lowest BCUT2D eigenvalue weighted by Gasteiger charge is -2.15. The van der Waals surface area contributed by atoms with Crippen molar-refractivity contribution in [3.8, 4) is 0 Å². The van der Waals surface area contributed by atoms with Gasteiger partial charge in [0.1, 0.15) is 5.82 Å². The number of hydrogen-bond acceptors (Lipinski definition) is 0. The molecule has 2 rings (SSSR count). The normalized spacial score (nSPS) is 12.4. The molecular formula is C16H14Br2ClF. The van der Waals surface area contributed by atoms with Crippen LogP contribution in [0.4, 0.5) is 4.39 Å². The van der Waals surface area contributed by atoms with Crippen LogP contribution in [-0.4, -0.2) is 5.33 Å². The average Bonchev–Trinajstić information content (AvgIpc) is 2.45. The van der Waals surface area contributed by atoms with Crippen LogP contribution in [0.5, 0.6) is 0 Å². The van der Waals surface area contributed by atoms with E-state index in [4.69, 9.17) is 11.6 Å². The highest BCUT2D eigenvalue weighted by Gasteiger charge is 2.13. The predicted molar refractivity (Wildman–Crippen MR) is 90.2 cm³/mol. The van der Waals surface area contributed by atoms with E-state index in [1.54, 1.807) is 6.07 Å². The van der Waals surface area contributed by atoms with E-state index in [9.17, 15) is 4.39 Å². The summed E-state index contributed by atoms with van der Waals surface area (Å²) in [7, 11) is 0. The SMILES string of the molecule is Fc1cccc(CC(CBr)Cc2ccc(Br)cc2)c1Cl. The summed E-state index contributed by atoms with van der Waals surface area (Å²) in [6.45, 7) is 0. The van der Waals surface area contributed by atoms with Crippen LogP contribution >= 0.6 is 43.5 Å². The number of alkyl halides is 1. The largest absolute Gasteiger partial charge is 0.205 e. The van der Waals surface area contributed by atoms with Gasteiger partial charge in [0, 0.05) is 9.80 Å². The Hall–Kier alpha value is -0.380. The molecule has 1 atom stereocenters. The van der Waals surface area contributed by atoms with Crippen molar-refractivity contribution in [3.05, 3.63) is 68.9 Å². The van der Waals surface area contributed by atoms with Gasteiger partial charge in [-0.25, -0.2) is 4.39 Å². The zero-order valence-electron chi connectivity index (χ0n) is 10.8. The van der Waals surface area contributed by atoms with Crippen molar-refractivity contribution < 1.29 is 4.39 Å². The second-order valence-corrected chi connectivity index (χ2v) is 6.71. The lowest BCUT2D eigenvalue weighted by Crippen LogP contribution is -2.10. The second kappa shape index (κ2) is 7.58. The van der Waals surface area contributed by atoms with Gasteiger partial charge in [-0.15, -0.1) is 0 Å². The molecule has 0 N–H and O–H groups in total. The first-order valence-electron chi connectivity index (χ1n) is 6.33. The maximum atomic E-state index is 13.5. The molecule has 0 nitrogen and oxygen atoms in total. The highest BCUT2D eigenvalue weighted by Crippen LogP contribution is 2.25. The molecule has 20 heavy (non-hydrogen) atoms. The Morgan fingerprint density at radius 1 is 1.05 bits per heavy atom. The molecule has 0 bridgehead atoms. The third-order valence-corrected chi connectivity index (χ3v) is 5.06. The van der Waals surface area contributed by atoms with Gasteiger partial charge in [-0.05, 0) is 48.1 Å². The van der Waals surface area contributed by atoms with Crippen LogP contribution in [-0.2, 0) is 12.8 Å². The van der Waals surface area contributed by atoms with E-state index in [-0.39, 0.29) is 10.8 Å². The molecular weight excluding hydrogens is 406 g/mol. The Labute approximate surface area is 140 Å². The molecule has 2 aromatic rings. The summed E-state index contributed by atoms with van der Waals surface area (Å²) < 4.78 is 14.5. The van der Waals surface area contributed by atoms with Crippen LogP contribution in [0.3, 0.4) is 0 Å². The highest BCUT2D eigenvalue weighted by molar-refractivity contribution is 9.10. The summed E-state index contributed by atoms with van der Waals surface area (Å²) in [5.41, 5.74) is 2.14.